The molecule has 0 aliphatic carbocycles. The summed E-state index contributed by atoms with van der Waals surface area (Å²) < 4.78 is 7.21. The van der Waals surface area contributed by atoms with E-state index in [1.54, 1.807) is 16.8 Å². The summed E-state index contributed by atoms with van der Waals surface area (Å²) in [5.74, 6) is 0.0204. The third-order valence-electron chi connectivity index (χ3n) is 5.33. The highest BCUT2D eigenvalue weighted by Gasteiger charge is 2.27. The fourth-order valence-corrected chi connectivity index (χ4v) is 4.02. The van der Waals surface area contributed by atoms with Crippen LogP contribution in [0.5, 0.6) is 0 Å². The van der Waals surface area contributed by atoms with E-state index >= 15 is 0 Å². The molecule has 0 N–H and O–H groups in total. The van der Waals surface area contributed by atoms with Gasteiger partial charge in [-0.2, -0.15) is 10.4 Å². The van der Waals surface area contributed by atoms with Gasteiger partial charge in [-0.1, -0.05) is 23.2 Å². The molecule has 8 heteroatoms. The van der Waals surface area contributed by atoms with E-state index in [4.69, 9.17) is 33.2 Å². The van der Waals surface area contributed by atoms with Crippen LogP contribution >= 0.6 is 23.2 Å². The Labute approximate surface area is 181 Å². The van der Waals surface area contributed by atoms with Gasteiger partial charge in [-0.15, -0.1) is 0 Å². The predicted molar refractivity (Wildman–Crippen MR) is 113 cm³/mol. The van der Waals surface area contributed by atoms with Crippen LogP contribution in [-0.4, -0.2) is 46.4 Å². The van der Waals surface area contributed by atoms with Gasteiger partial charge in [-0.05, 0) is 44.9 Å². The highest BCUT2D eigenvalue weighted by atomic mass is 35.5. The first-order valence-electron chi connectivity index (χ1n) is 9.67. The Balaban J connectivity index is 1.84. The third-order valence-corrected chi connectivity index (χ3v) is 6.07. The molecule has 0 unspecified atom stereocenters. The second-order valence-corrected chi connectivity index (χ2v) is 7.99. The normalized spacial score (nSPS) is 14.6. The number of hydrogen-bond acceptors (Lipinski definition) is 4. The monoisotopic (exact) mass is 434 g/mol. The smallest absolute Gasteiger partial charge is 0.227 e. The van der Waals surface area contributed by atoms with Crippen molar-refractivity contribution in [3.8, 4) is 11.8 Å². The first-order valence-corrected chi connectivity index (χ1v) is 10.4. The molecule has 1 amide bonds. The molecular weight excluding hydrogens is 411 g/mol. The SMILES string of the molecule is Cc1nn(-c2ccc(Cl)c(Cl)c2)c(C)c1CC(=O)N(CCC#N)C1CCOCC1. The molecule has 29 heavy (non-hydrogen) atoms. The maximum Gasteiger partial charge on any atom is 0.227 e. The van der Waals surface area contributed by atoms with Crippen LogP contribution in [-0.2, 0) is 16.0 Å². The molecule has 1 fully saturated rings. The standard InChI is InChI=1S/C21H24Cl2N4O2/c1-14-18(15(2)27(25-14)17-4-5-19(22)20(23)12-17)13-21(28)26(9-3-8-24)16-6-10-29-11-7-16/h4-5,12,16H,3,6-7,9-11,13H2,1-2H3. The number of carbonyl (C=O) groups excluding carboxylic acids is 1. The van der Waals surface area contributed by atoms with E-state index in [-0.39, 0.29) is 18.4 Å². The molecule has 1 aliphatic rings. The summed E-state index contributed by atoms with van der Waals surface area (Å²) in [4.78, 5) is 15.0. The lowest BCUT2D eigenvalue weighted by Crippen LogP contribution is -2.44. The second-order valence-electron chi connectivity index (χ2n) is 7.18. The quantitative estimate of drug-likeness (QED) is 0.680. The highest BCUT2D eigenvalue weighted by Crippen LogP contribution is 2.27. The molecule has 1 saturated heterocycles. The number of carbonyl (C=O) groups is 1. The van der Waals surface area contributed by atoms with Crippen molar-refractivity contribution in [1.82, 2.24) is 14.7 Å². The molecular formula is C21H24Cl2N4O2. The Morgan fingerprint density at radius 1 is 1.31 bits per heavy atom. The van der Waals surface area contributed by atoms with Crippen molar-refractivity contribution in [3.05, 3.63) is 45.2 Å². The molecule has 1 aromatic carbocycles. The summed E-state index contributed by atoms with van der Waals surface area (Å²) in [6.07, 6.45) is 2.18. The number of ether oxygens (including phenoxy) is 1. The average Bonchev–Trinajstić information content (AvgIpc) is 2.99. The van der Waals surface area contributed by atoms with Crippen LogP contribution in [0.4, 0.5) is 0 Å². The molecule has 2 aromatic rings. The van der Waals surface area contributed by atoms with Crippen LogP contribution in [0.2, 0.25) is 10.0 Å². The summed E-state index contributed by atoms with van der Waals surface area (Å²) in [6.45, 7) is 5.58. The number of rotatable bonds is 6. The zero-order valence-corrected chi connectivity index (χ0v) is 18.1. The third kappa shape index (κ3) is 4.92. The van der Waals surface area contributed by atoms with Crippen LogP contribution < -0.4 is 0 Å². The number of halogens is 2. The van der Waals surface area contributed by atoms with Gasteiger partial charge in [0.1, 0.15) is 0 Å². The number of hydrogen-bond donors (Lipinski definition) is 0. The van der Waals surface area contributed by atoms with Crippen molar-refractivity contribution in [1.29, 1.82) is 5.26 Å². The number of nitriles is 1. The van der Waals surface area contributed by atoms with Gasteiger partial charge in [-0.25, -0.2) is 4.68 Å². The minimum Gasteiger partial charge on any atom is -0.381 e. The fraction of sp³-hybridized carbons (Fsp3) is 0.476. The molecule has 3 rings (SSSR count). The summed E-state index contributed by atoms with van der Waals surface area (Å²) in [6, 6.07) is 7.61. The molecule has 0 spiro atoms. The lowest BCUT2D eigenvalue weighted by Gasteiger charge is -2.34. The average molecular weight is 435 g/mol. The molecule has 154 valence electrons. The molecule has 6 nitrogen and oxygen atoms in total. The Kier molecular flexibility index (Phi) is 7.18. The summed E-state index contributed by atoms with van der Waals surface area (Å²) >= 11 is 12.2. The zero-order valence-electron chi connectivity index (χ0n) is 16.6. The van der Waals surface area contributed by atoms with Crippen LogP contribution in [0.15, 0.2) is 18.2 Å². The van der Waals surface area contributed by atoms with Gasteiger partial charge in [0.05, 0.1) is 40.3 Å². The number of aromatic nitrogens is 2. The van der Waals surface area contributed by atoms with E-state index in [0.717, 1.165) is 35.5 Å². The van der Waals surface area contributed by atoms with E-state index in [9.17, 15) is 4.79 Å². The lowest BCUT2D eigenvalue weighted by atomic mass is 10.0. The van der Waals surface area contributed by atoms with Gasteiger partial charge in [-0.3, -0.25) is 4.79 Å². The van der Waals surface area contributed by atoms with E-state index < -0.39 is 0 Å². The summed E-state index contributed by atoms with van der Waals surface area (Å²) in [5, 5.41) is 14.5. The summed E-state index contributed by atoms with van der Waals surface area (Å²) in [5.41, 5.74) is 3.38. The van der Waals surface area contributed by atoms with Crippen LogP contribution in [0.25, 0.3) is 5.69 Å². The molecule has 0 bridgehead atoms. The van der Waals surface area contributed by atoms with E-state index in [2.05, 4.69) is 11.2 Å². The molecule has 2 heterocycles. The molecule has 1 aromatic heterocycles. The van der Waals surface area contributed by atoms with Crippen molar-refractivity contribution in [2.45, 2.75) is 45.6 Å². The van der Waals surface area contributed by atoms with Gasteiger partial charge < -0.3 is 9.64 Å². The Bertz CT molecular complexity index is 929. The summed E-state index contributed by atoms with van der Waals surface area (Å²) in [7, 11) is 0. The number of aryl methyl sites for hydroxylation is 1. The van der Waals surface area contributed by atoms with Crippen LogP contribution in [0.1, 0.15) is 36.2 Å². The number of amides is 1. The van der Waals surface area contributed by atoms with Crippen molar-refractivity contribution >= 4 is 29.1 Å². The van der Waals surface area contributed by atoms with E-state index in [1.165, 1.54) is 0 Å². The maximum atomic E-state index is 13.2. The topological polar surface area (TPSA) is 71.2 Å². The molecule has 0 atom stereocenters. The number of nitrogens with zero attached hydrogens (tertiary/aromatic N) is 4. The van der Waals surface area contributed by atoms with Gasteiger partial charge in [0.2, 0.25) is 5.91 Å². The van der Waals surface area contributed by atoms with Crippen molar-refractivity contribution < 1.29 is 9.53 Å². The van der Waals surface area contributed by atoms with Gasteiger partial charge in [0.15, 0.2) is 0 Å². The molecule has 1 aliphatic heterocycles. The fourth-order valence-electron chi connectivity index (χ4n) is 3.73. The van der Waals surface area contributed by atoms with Gasteiger partial charge in [0.25, 0.3) is 0 Å². The Morgan fingerprint density at radius 2 is 2.03 bits per heavy atom. The Morgan fingerprint density at radius 3 is 2.69 bits per heavy atom. The van der Waals surface area contributed by atoms with Crippen LogP contribution in [0, 0.1) is 25.2 Å². The first kappa shape index (κ1) is 21.6. The van der Waals surface area contributed by atoms with Gasteiger partial charge >= 0.3 is 0 Å². The number of benzene rings is 1. The van der Waals surface area contributed by atoms with E-state index in [0.29, 0.717) is 36.2 Å². The van der Waals surface area contributed by atoms with Crippen molar-refractivity contribution in [2.75, 3.05) is 19.8 Å². The minimum absolute atomic E-state index is 0.0204. The zero-order chi connectivity index (χ0) is 21.0. The highest BCUT2D eigenvalue weighted by molar-refractivity contribution is 6.42. The van der Waals surface area contributed by atoms with Gasteiger partial charge in [0, 0.05) is 37.1 Å². The largest absolute Gasteiger partial charge is 0.381 e. The molecule has 0 saturated carbocycles. The first-order chi connectivity index (χ1) is 13.9. The maximum absolute atomic E-state index is 13.2. The van der Waals surface area contributed by atoms with Crippen molar-refractivity contribution in [3.63, 3.8) is 0 Å². The Hall–Kier alpha value is -2.07. The van der Waals surface area contributed by atoms with Crippen LogP contribution in [0.3, 0.4) is 0 Å². The second kappa shape index (κ2) is 9.62. The van der Waals surface area contributed by atoms with E-state index in [1.807, 2.05) is 24.8 Å². The minimum atomic E-state index is 0.0204. The lowest BCUT2D eigenvalue weighted by molar-refractivity contribution is -0.134. The predicted octanol–water partition coefficient (Wildman–Crippen LogP) is 4.26. The molecule has 0 radical (unpaired) electrons. The van der Waals surface area contributed by atoms with Crippen molar-refractivity contribution in [2.24, 2.45) is 0 Å².